The predicted octanol–water partition coefficient (Wildman–Crippen LogP) is 3.39. The van der Waals surface area contributed by atoms with Gasteiger partial charge in [0, 0.05) is 12.1 Å². The zero-order valence-electron chi connectivity index (χ0n) is 13.8. The minimum absolute atomic E-state index is 0.174. The van der Waals surface area contributed by atoms with E-state index in [2.05, 4.69) is 9.97 Å². The second kappa shape index (κ2) is 7.48. The van der Waals surface area contributed by atoms with Crippen LogP contribution in [0.25, 0.3) is 11.0 Å². The van der Waals surface area contributed by atoms with Gasteiger partial charge in [-0.3, -0.25) is 4.90 Å². The van der Waals surface area contributed by atoms with E-state index in [1.165, 1.54) is 6.07 Å². The Labute approximate surface area is 150 Å². The fourth-order valence-electron chi connectivity index (χ4n) is 2.68. The summed E-state index contributed by atoms with van der Waals surface area (Å²) >= 11 is 5.15. The van der Waals surface area contributed by atoms with Crippen molar-refractivity contribution < 1.29 is 9.13 Å². The summed E-state index contributed by atoms with van der Waals surface area (Å²) < 4.78 is 19.7. The Balaban J connectivity index is 1.85. The minimum Gasteiger partial charge on any atom is -0.493 e. The van der Waals surface area contributed by atoms with Crippen molar-refractivity contribution in [3.05, 3.63) is 53.8 Å². The molecule has 25 heavy (non-hydrogen) atoms. The smallest absolute Gasteiger partial charge is 0.210 e. The fourth-order valence-corrected chi connectivity index (χ4v) is 2.86. The third kappa shape index (κ3) is 3.71. The molecule has 0 bridgehead atoms. The lowest BCUT2D eigenvalue weighted by Gasteiger charge is -2.20. The maximum atomic E-state index is 14.2. The lowest BCUT2D eigenvalue weighted by molar-refractivity contribution is 0.334. The van der Waals surface area contributed by atoms with Crippen LogP contribution in [0.4, 0.5) is 10.3 Å². The Bertz CT molecular complexity index is 863. The Kier molecular flexibility index (Phi) is 5.14. The van der Waals surface area contributed by atoms with Gasteiger partial charge in [0.25, 0.3) is 0 Å². The molecule has 0 saturated heterocycles. The number of fused-ring (bicyclic) bond motifs is 1. The largest absolute Gasteiger partial charge is 0.493 e. The van der Waals surface area contributed by atoms with Gasteiger partial charge < -0.3 is 15.5 Å². The molecule has 0 unspecified atom stereocenters. The molecular formula is C18H19FN4OS. The van der Waals surface area contributed by atoms with E-state index in [4.69, 9.17) is 22.7 Å². The van der Waals surface area contributed by atoms with Crippen LogP contribution in [0.2, 0.25) is 0 Å². The molecule has 0 saturated carbocycles. The number of para-hydroxylation sites is 2. The number of halogens is 1. The number of nitrogens with zero attached hydrogens (tertiary/aromatic N) is 2. The van der Waals surface area contributed by atoms with Crippen molar-refractivity contribution in [3.8, 4) is 5.75 Å². The first-order chi connectivity index (χ1) is 12.1. The summed E-state index contributed by atoms with van der Waals surface area (Å²) in [4.78, 5) is 9.36. The van der Waals surface area contributed by atoms with E-state index in [0.29, 0.717) is 36.8 Å². The number of rotatable bonds is 6. The number of aromatic nitrogens is 2. The highest BCUT2D eigenvalue weighted by molar-refractivity contribution is 7.80. The van der Waals surface area contributed by atoms with E-state index in [0.717, 1.165) is 11.0 Å². The molecule has 0 amide bonds. The van der Waals surface area contributed by atoms with Gasteiger partial charge in [-0.1, -0.05) is 18.2 Å². The number of ether oxygens (including phenoxy) is 1. The topological polar surface area (TPSA) is 67.2 Å². The van der Waals surface area contributed by atoms with Crippen molar-refractivity contribution in [2.45, 2.75) is 13.3 Å². The van der Waals surface area contributed by atoms with E-state index in [1.54, 1.807) is 17.0 Å². The van der Waals surface area contributed by atoms with Crippen LogP contribution in [0.5, 0.6) is 5.75 Å². The molecule has 0 aliphatic carbocycles. The summed E-state index contributed by atoms with van der Waals surface area (Å²) in [6, 6.07) is 12.5. The maximum absolute atomic E-state index is 14.2. The summed E-state index contributed by atoms with van der Waals surface area (Å²) in [5, 5.41) is 0.174. The number of nitrogens with one attached hydrogen (secondary N) is 1. The Morgan fingerprint density at radius 3 is 2.80 bits per heavy atom. The van der Waals surface area contributed by atoms with Gasteiger partial charge in [0.1, 0.15) is 11.6 Å². The molecule has 1 heterocycles. The monoisotopic (exact) mass is 358 g/mol. The fraction of sp³-hybridized carbons (Fsp3) is 0.222. The third-order valence-electron chi connectivity index (χ3n) is 3.86. The normalized spacial score (nSPS) is 10.8. The SMILES string of the molecule is CCOc1cccc(F)c1CCN(C(N)=S)c1nc2ccccc2[nH]1. The summed E-state index contributed by atoms with van der Waals surface area (Å²) in [5.74, 6) is 0.774. The van der Waals surface area contributed by atoms with Crippen LogP contribution < -0.4 is 15.4 Å². The molecule has 0 aliphatic heterocycles. The maximum Gasteiger partial charge on any atom is 0.210 e. The number of thiocarbonyl (C=S) groups is 1. The molecule has 0 radical (unpaired) electrons. The van der Waals surface area contributed by atoms with E-state index >= 15 is 0 Å². The number of aromatic amines is 1. The molecule has 2 aromatic carbocycles. The minimum atomic E-state index is -0.307. The Hall–Kier alpha value is -2.67. The quantitative estimate of drug-likeness (QED) is 0.661. The standard InChI is InChI=1S/C18H19FN4OS/c1-2-24-16-9-5-6-13(19)12(16)10-11-23(17(20)25)18-21-14-7-3-4-8-15(14)22-18/h3-9H,2,10-11H2,1H3,(H2,20,25)(H,21,22). The summed E-state index contributed by atoms with van der Waals surface area (Å²) in [7, 11) is 0. The number of anilines is 1. The summed E-state index contributed by atoms with van der Waals surface area (Å²) in [5.41, 5.74) is 8.07. The highest BCUT2D eigenvalue weighted by Crippen LogP contribution is 2.24. The highest BCUT2D eigenvalue weighted by atomic mass is 32.1. The first kappa shape index (κ1) is 17.2. The zero-order valence-corrected chi connectivity index (χ0v) is 14.6. The van der Waals surface area contributed by atoms with Crippen LogP contribution in [0.15, 0.2) is 42.5 Å². The third-order valence-corrected chi connectivity index (χ3v) is 4.08. The molecule has 0 fully saturated rings. The zero-order chi connectivity index (χ0) is 17.8. The number of hydrogen-bond donors (Lipinski definition) is 2. The van der Waals surface area contributed by atoms with Crippen LogP contribution in [0, 0.1) is 5.82 Å². The lowest BCUT2D eigenvalue weighted by atomic mass is 10.1. The van der Waals surface area contributed by atoms with Crippen molar-refractivity contribution in [2.24, 2.45) is 5.73 Å². The molecule has 0 aliphatic rings. The summed E-state index contributed by atoms with van der Waals surface area (Å²) in [6.07, 6.45) is 0.385. The number of benzene rings is 2. The van der Waals surface area contributed by atoms with Crippen LogP contribution in [-0.4, -0.2) is 28.2 Å². The average molecular weight is 358 g/mol. The average Bonchev–Trinajstić information content (AvgIpc) is 3.00. The van der Waals surface area contributed by atoms with Crippen LogP contribution >= 0.6 is 12.2 Å². The second-order valence-electron chi connectivity index (χ2n) is 5.47. The molecule has 0 atom stereocenters. The van der Waals surface area contributed by atoms with Gasteiger partial charge in [-0.05, 0) is 49.8 Å². The van der Waals surface area contributed by atoms with Crippen molar-refractivity contribution >= 4 is 34.3 Å². The van der Waals surface area contributed by atoms with Crippen molar-refractivity contribution in [3.63, 3.8) is 0 Å². The van der Waals surface area contributed by atoms with E-state index in [1.807, 2.05) is 31.2 Å². The van der Waals surface area contributed by atoms with Crippen LogP contribution in [0.1, 0.15) is 12.5 Å². The van der Waals surface area contributed by atoms with Crippen LogP contribution in [-0.2, 0) is 6.42 Å². The van der Waals surface area contributed by atoms with Gasteiger partial charge in [0.15, 0.2) is 5.11 Å². The van der Waals surface area contributed by atoms with E-state index < -0.39 is 0 Å². The first-order valence-electron chi connectivity index (χ1n) is 8.02. The lowest BCUT2D eigenvalue weighted by Crippen LogP contribution is -2.38. The van der Waals surface area contributed by atoms with Gasteiger partial charge in [0.05, 0.1) is 17.6 Å². The molecule has 3 rings (SSSR count). The van der Waals surface area contributed by atoms with Crippen molar-refractivity contribution in [2.75, 3.05) is 18.1 Å². The molecule has 3 N–H and O–H groups in total. The molecule has 7 heteroatoms. The molecule has 5 nitrogen and oxygen atoms in total. The number of hydrogen-bond acceptors (Lipinski definition) is 3. The molecule has 3 aromatic rings. The van der Waals surface area contributed by atoms with Crippen LogP contribution in [0.3, 0.4) is 0 Å². The Morgan fingerprint density at radius 1 is 1.28 bits per heavy atom. The number of nitrogens with two attached hydrogens (primary N) is 1. The van der Waals surface area contributed by atoms with E-state index in [-0.39, 0.29) is 10.9 Å². The first-order valence-corrected chi connectivity index (χ1v) is 8.43. The predicted molar refractivity (Wildman–Crippen MR) is 101 cm³/mol. The molecule has 0 spiro atoms. The Morgan fingerprint density at radius 2 is 2.08 bits per heavy atom. The highest BCUT2D eigenvalue weighted by Gasteiger charge is 2.17. The van der Waals surface area contributed by atoms with Gasteiger partial charge in [0.2, 0.25) is 5.95 Å². The molecular weight excluding hydrogens is 339 g/mol. The van der Waals surface area contributed by atoms with Gasteiger partial charge in [-0.15, -0.1) is 0 Å². The van der Waals surface area contributed by atoms with Gasteiger partial charge in [-0.25, -0.2) is 9.37 Å². The van der Waals surface area contributed by atoms with Crippen molar-refractivity contribution in [1.82, 2.24) is 9.97 Å². The summed E-state index contributed by atoms with van der Waals surface area (Å²) in [6.45, 7) is 2.72. The van der Waals surface area contributed by atoms with Crippen molar-refractivity contribution in [1.29, 1.82) is 0 Å². The van der Waals surface area contributed by atoms with Gasteiger partial charge >= 0.3 is 0 Å². The molecule has 1 aromatic heterocycles. The van der Waals surface area contributed by atoms with E-state index in [9.17, 15) is 4.39 Å². The van der Waals surface area contributed by atoms with Gasteiger partial charge in [-0.2, -0.15) is 0 Å². The molecule has 130 valence electrons. The number of imidazole rings is 1. The number of H-pyrrole nitrogens is 1. The second-order valence-corrected chi connectivity index (χ2v) is 5.89.